The van der Waals surface area contributed by atoms with E-state index in [9.17, 15) is 4.79 Å². The van der Waals surface area contributed by atoms with Crippen LogP contribution in [0.15, 0.2) is 18.2 Å². The molecule has 0 amide bonds. The predicted molar refractivity (Wildman–Crippen MR) is 77.5 cm³/mol. The first kappa shape index (κ1) is 15.2. The largest absolute Gasteiger partial charge is 0.296 e. The van der Waals surface area contributed by atoms with E-state index in [1.165, 1.54) is 0 Å². The first-order valence-electron chi connectivity index (χ1n) is 6.60. The Bertz CT molecular complexity index is 397. The number of nitrogens with zero attached hydrogens (tertiary/aromatic N) is 1. The van der Waals surface area contributed by atoms with Crippen molar-refractivity contribution in [2.75, 3.05) is 19.6 Å². The van der Waals surface area contributed by atoms with Crippen molar-refractivity contribution in [1.29, 1.82) is 0 Å². The molecule has 0 unspecified atom stereocenters. The van der Waals surface area contributed by atoms with Crippen LogP contribution in [-0.2, 0) is 0 Å². The Labute approximate surface area is 115 Å². The summed E-state index contributed by atoms with van der Waals surface area (Å²) in [5.74, 6) is 0.116. The summed E-state index contributed by atoms with van der Waals surface area (Å²) in [5.41, 5.74) is 1.72. The molecule has 100 valence electrons. The number of hydrogen-bond donors (Lipinski definition) is 0. The molecule has 0 fully saturated rings. The number of aryl methyl sites for hydroxylation is 1. The average molecular weight is 268 g/mol. The molecule has 3 heteroatoms. The average Bonchev–Trinajstić information content (AvgIpc) is 2.33. The van der Waals surface area contributed by atoms with Crippen LogP contribution in [0.5, 0.6) is 0 Å². The molecule has 0 atom stereocenters. The van der Waals surface area contributed by atoms with Gasteiger partial charge in [0.15, 0.2) is 5.78 Å². The Morgan fingerprint density at radius 1 is 1.22 bits per heavy atom. The molecule has 1 aromatic carbocycles. The van der Waals surface area contributed by atoms with Gasteiger partial charge in [0.05, 0.1) is 11.6 Å². The van der Waals surface area contributed by atoms with Gasteiger partial charge in [-0.1, -0.05) is 37.1 Å². The zero-order chi connectivity index (χ0) is 13.5. The summed E-state index contributed by atoms with van der Waals surface area (Å²) in [6.45, 7) is 8.62. The quantitative estimate of drug-likeness (QED) is 0.697. The molecule has 2 nitrogen and oxygen atoms in total. The Morgan fingerprint density at radius 2 is 1.83 bits per heavy atom. The number of carbonyl (C=O) groups excluding carboxylic acids is 1. The highest BCUT2D eigenvalue weighted by Gasteiger charge is 2.14. The van der Waals surface area contributed by atoms with Gasteiger partial charge in [-0.15, -0.1) is 0 Å². The summed E-state index contributed by atoms with van der Waals surface area (Å²) in [5, 5.41) is 0.554. The van der Waals surface area contributed by atoms with E-state index in [0.29, 0.717) is 17.1 Å². The lowest BCUT2D eigenvalue weighted by Gasteiger charge is -2.20. The Balaban J connectivity index is 2.76. The van der Waals surface area contributed by atoms with Gasteiger partial charge in [-0.05, 0) is 45.0 Å². The molecule has 0 radical (unpaired) electrons. The Morgan fingerprint density at radius 3 is 2.39 bits per heavy atom. The van der Waals surface area contributed by atoms with Gasteiger partial charge in [0.1, 0.15) is 0 Å². The standard InChI is InChI=1S/C15H22ClNO/c1-4-8-17(9-5-2)11-15(18)13-10-12(3)6-7-14(13)16/h6-7,10H,4-5,8-9,11H2,1-3H3. The number of benzene rings is 1. The highest BCUT2D eigenvalue weighted by Crippen LogP contribution is 2.18. The van der Waals surface area contributed by atoms with Gasteiger partial charge in [0.2, 0.25) is 0 Å². The zero-order valence-electron chi connectivity index (χ0n) is 11.5. The van der Waals surface area contributed by atoms with Crippen molar-refractivity contribution in [3.63, 3.8) is 0 Å². The van der Waals surface area contributed by atoms with Crippen LogP contribution >= 0.6 is 11.6 Å². The maximum atomic E-state index is 12.3. The van der Waals surface area contributed by atoms with E-state index in [0.717, 1.165) is 31.5 Å². The third-order valence-electron chi connectivity index (χ3n) is 2.87. The van der Waals surface area contributed by atoms with Crippen LogP contribution in [0, 0.1) is 6.92 Å². The molecule has 1 aromatic rings. The van der Waals surface area contributed by atoms with Crippen LogP contribution < -0.4 is 0 Å². The highest BCUT2D eigenvalue weighted by molar-refractivity contribution is 6.34. The number of rotatable bonds is 7. The Kier molecular flexibility index (Phi) is 6.37. The fraction of sp³-hybridized carbons (Fsp3) is 0.533. The second-order valence-electron chi connectivity index (χ2n) is 4.68. The van der Waals surface area contributed by atoms with E-state index in [1.807, 2.05) is 19.1 Å². The lowest BCUT2D eigenvalue weighted by molar-refractivity contribution is 0.0930. The molecule has 1 rings (SSSR count). The molecule has 0 aromatic heterocycles. The number of hydrogen-bond acceptors (Lipinski definition) is 2. The van der Waals surface area contributed by atoms with Crippen molar-refractivity contribution in [2.45, 2.75) is 33.6 Å². The van der Waals surface area contributed by atoms with Gasteiger partial charge < -0.3 is 0 Å². The SMILES string of the molecule is CCCN(CCC)CC(=O)c1cc(C)ccc1Cl. The monoisotopic (exact) mass is 267 g/mol. The van der Waals surface area contributed by atoms with Crippen molar-refractivity contribution in [2.24, 2.45) is 0 Å². The summed E-state index contributed by atoms with van der Waals surface area (Å²) in [4.78, 5) is 14.4. The molecule has 0 heterocycles. The van der Waals surface area contributed by atoms with Crippen molar-refractivity contribution in [3.05, 3.63) is 34.3 Å². The molecule has 0 saturated carbocycles. The lowest BCUT2D eigenvalue weighted by Crippen LogP contribution is -2.31. The number of carbonyl (C=O) groups is 1. The fourth-order valence-corrected chi connectivity index (χ4v) is 2.27. The van der Waals surface area contributed by atoms with E-state index in [-0.39, 0.29) is 5.78 Å². The third kappa shape index (κ3) is 4.43. The minimum Gasteiger partial charge on any atom is -0.296 e. The minimum absolute atomic E-state index is 0.116. The fourth-order valence-electron chi connectivity index (χ4n) is 2.04. The first-order valence-corrected chi connectivity index (χ1v) is 6.98. The van der Waals surface area contributed by atoms with Crippen LogP contribution in [-0.4, -0.2) is 30.3 Å². The third-order valence-corrected chi connectivity index (χ3v) is 3.20. The van der Waals surface area contributed by atoms with Gasteiger partial charge in [-0.25, -0.2) is 0 Å². The molecule has 0 aliphatic carbocycles. The van der Waals surface area contributed by atoms with E-state index in [2.05, 4.69) is 18.7 Å². The maximum absolute atomic E-state index is 12.3. The van der Waals surface area contributed by atoms with E-state index < -0.39 is 0 Å². The van der Waals surface area contributed by atoms with E-state index in [1.54, 1.807) is 6.07 Å². The molecule has 0 aliphatic heterocycles. The number of Topliss-reactive ketones (excluding diaryl/α,β-unsaturated/α-hetero) is 1. The minimum atomic E-state index is 0.116. The van der Waals surface area contributed by atoms with Crippen molar-refractivity contribution in [1.82, 2.24) is 4.90 Å². The number of halogens is 1. The second-order valence-corrected chi connectivity index (χ2v) is 5.09. The van der Waals surface area contributed by atoms with Crippen LogP contribution in [0.3, 0.4) is 0 Å². The van der Waals surface area contributed by atoms with Crippen LogP contribution in [0.1, 0.15) is 42.6 Å². The van der Waals surface area contributed by atoms with Gasteiger partial charge in [-0.2, -0.15) is 0 Å². The Hall–Kier alpha value is -0.860. The van der Waals surface area contributed by atoms with Gasteiger partial charge in [0.25, 0.3) is 0 Å². The summed E-state index contributed by atoms with van der Waals surface area (Å²) in [6, 6.07) is 5.60. The maximum Gasteiger partial charge on any atom is 0.178 e. The molecule has 0 saturated heterocycles. The van der Waals surface area contributed by atoms with Gasteiger partial charge in [-0.3, -0.25) is 9.69 Å². The molecular formula is C15H22ClNO. The van der Waals surface area contributed by atoms with E-state index >= 15 is 0 Å². The first-order chi connectivity index (χ1) is 8.58. The highest BCUT2D eigenvalue weighted by atomic mass is 35.5. The molecule has 0 bridgehead atoms. The van der Waals surface area contributed by atoms with Crippen molar-refractivity contribution < 1.29 is 4.79 Å². The van der Waals surface area contributed by atoms with E-state index in [4.69, 9.17) is 11.6 Å². The molecule has 0 N–H and O–H groups in total. The smallest absolute Gasteiger partial charge is 0.178 e. The molecule has 0 spiro atoms. The lowest BCUT2D eigenvalue weighted by atomic mass is 10.1. The predicted octanol–water partition coefficient (Wildman–Crippen LogP) is 3.95. The molecular weight excluding hydrogens is 246 g/mol. The second kappa shape index (κ2) is 7.55. The molecule has 0 aliphatic rings. The zero-order valence-corrected chi connectivity index (χ0v) is 12.3. The van der Waals surface area contributed by atoms with Crippen LogP contribution in [0.2, 0.25) is 5.02 Å². The summed E-state index contributed by atoms with van der Waals surface area (Å²) >= 11 is 6.09. The number of ketones is 1. The summed E-state index contributed by atoms with van der Waals surface area (Å²) in [6.07, 6.45) is 2.13. The van der Waals surface area contributed by atoms with Crippen LogP contribution in [0.25, 0.3) is 0 Å². The van der Waals surface area contributed by atoms with Gasteiger partial charge >= 0.3 is 0 Å². The van der Waals surface area contributed by atoms with Crippen LogP contribution in [0.4, 0.5) is 0 Å². The van der Waals surface area contributed by atoms with Gasteiger partial charge in [0, 0.05) is 5.56 Å². The normalized spacial score (nSPS) is 10.9. The molecule has 18 heavy (non-hydrogen) atoms. The summed E-state index contributed by atoms with van der Waals surface area (Å²) in [7, 11) is 0. The summed E-state index contributed by atoms with van der Waals surface area (Å²) < 4.78 is 0. The topological polar surface area (TPSA) is 20.3 Å². The van der Waals surface area contributed by atoms with Crippen molar-refractivity contribution >= 4 is 17.4 Å². The van der Waals surface area contributed by atoms with Crippen molar-refractivity contribution in [3.8, 4) is 0 Å².